The number of piperidine rings is 1. The number of carbonyl (C=O) groups is 1. The predicted molar refractivity (Wildman–Crippen MR) is 101 cm³/mol. The van der Waals surface area contributed by atoms with E-state index >= 15 is 0 Å². The van der Waals surface area contributed by atoms with Gasteiger partial charge in [-0.1, -0.05) is 13.3 Å². The van der Waals surface area contributed by atoms with E-state index in [2.05, 4.69) is 28.7 Å². The maximum Gasteiger partial charge on any atom is 0.410 e. The molecular weight excluding hydrogens is 330 g/mol. The third kappa shape index (κ3) is 4.09. The number of nitrogens with zero attached hydrogens (tertiary/aromatic N) is 5. The number of hydrogen-bond donors (Lipinski definition) is 0. The van der Waals surface area contributed by atoms with Gasteiger partial charge in [0.25, 0.3) is 0 Å². The van der Waals surface area contributed by atoms with Gasteiger partial charge < -0.3 is 14.5 Å². The van der Waals surface area contributed by atoms with Crippen LogP contribution in [0.5, 0.6) is 0 Å². The first kappa shape index (κ1) is 18.9. The fourth-order valence-corrected chi connectivity index (χ4v) is 3.86. The SMILES string of the molecule is CCCC(C)N1CC2(CCN(Cc3cnc(N(C)C)nc3)CC2)OC1=O. The fraction of sp³-hybridized carbons (Fsp3) is 0.737. The lowest BCUT2D eigenvalue weighted by molar-refractivity contribution is -0.00135. The van der Waals surface area contributed by atoms with E-state index in [1.165, 1.54) is 0 Å². The molecular formula is C19H31N5O2. The Hall–Kier alpha value is -1.89. The second-order valence-corrected chi connectivity index (χ2v) is 7.88. The molecule has 1 unspecified atom stereocenters. The Morgan fingerprint density at radius 3 is 2.50 bits per heavy atom. The van der Waals surface area contributed by atoms with Crippen molar-refractivity contribution in [1.82, 2.24) is 19.8 Å². The molecule has 0 bridgehead atoms. The van der Waals surface area contributed by atoms with E-state index in [0.29, 0.717) is 0 Å². The zero-order chi connectivity index (χ0) is 18.7. The van der Waals surface area contributed by atoms with Crippen molar-refractivity contribution in [3.8, 4) is 0 Å². The molecule has 7 nitrogen and oxygen atoms in total. The van der Waals surface area contributed by atoms with Crippen molar-refractivity contribution < 1.29 is 9.53 Å². The van der Waals surface area contributed by atoms with Crippen molar-refractivity contribution in [3.05, 3.63) is 18.0 Å². The number of hydrogen-bond acceptors (Lipinski definition) is 6. The third-order valence-corrected chi connectivity index (χ3v) is 5.50. The van der Waals surface area contributed by atoms with E-state index in [4.69, 9.17) is 4.74 Å². The van der Waals surface area contributed by atoms with E-state index in [9.17, 15) is 4.79 Å². The first-order valence-electron chi connectivity index (χ1n) is 9.63. The van der Waals surface area contributed by atoms with Gasteiger partial charge >= 0.3 is 6.09 Å². The van der Waals surface area contributed by atoms with Crippen LogP contribution in [-0.4, -0.2) is 71.2 Å². The number of likely N-dealkylation sites (tertiary alicyclic amines) is 1. The molecule has 1 amide bonds. The van der Waals surface area contributed by atoms with Crippen molar-refractivity contribution in [2.75, 3.05) is 38.6 Å². The topological polar surface area (TPSA) is 61.8 Å². The van der Waals surface area contributed by atoms with E-state index in [1.54, 1.807) is 0 Å². The zero-order valence-electron chi connectivity index (χ0n) is 16.4. The summed E-state index contributed by atoms with van der Waals surface area (Å²) in [5.41, 5.74) is 0.828. The van der Waals surface area contributed by atoms with E-state index < -0.39 is 0 Å². The minimum absolute atomic E-state index is 0.132. The Kier molecular flexibility index (Phi) is 5.65. The number of rotatable bonds is 6. The highest BCUT2D eigenvalue weighted by Crippen LogP contribution is 2.35. The minimum Gasteiger partial charge on any atom is -0.441 e. The standard InChI is InChI=1S/C19H31N5O2/c1-5-6-15(2)24-14-19(26-18(24)25)7-9-23(10-8-19)13-16-11-20-17(21-12-16)22(3)4/h11-12,15H,5-10,13-14H2,1-4H3. The summed E-state index contributed by atoms with van der Waals surface area (Å²) >= 11 is 0. The lowest BCUT2D eigenvalue weighted by Crippen LogP contribution is -2.47. The summed E-state index contributed by atoms with van der Waals surface area (Å²) in [6, 6.07) is 0.261. The van der Waals surface area contributed by atoms with Crippen LogP contribution in [0.1, 0.15) is 45.1 Å². The molecule has 144 valence electrons. The van der Waals surface area contributed by atoms with Crippen molar-refractivity contribution in [3.63, 3.8) is 0 Å². The molecule has 0 aliphatic carbocycles. The molecule has 0 saturated carbocycles. The number of amides is 1. The van der Waals surface area contributed by atoms with E-state index in [-0.39, 0.29) is 17.7 Å². The Bertz CT molecular complexity index is 611. The fourth-order valence-electron chi connectivity index (χ4n) is 3.86. The van der Waals surface area contributed by atoms with Crippen LogP contribution in [0, 0.1) is 0 Å². The average Bonchev–Trinajstić information content (AvgIpc) is 2.94. The lowest BCUT2D eigenvalue weighted by atomic mass is 9.91. The van der Waals surface area contributed by atoms with Gasteiger partial charge in [0, 0.05) is 70.6 Å². The van der Waals surface area contributed by atoms with Gasteiger partial charge in [-0.05, 0) is 13.3 Å². The molecule has 0 radical (unpaired) electrons. The summed E-state index contributed by atoms with van der Waals surface area (Å²) in [5.74, 6) is 0.727. The number of carbonyl (C=O) groups excluding carboxylic acids is 1. The molecule has 1 spiro atoms. The highest BCUT2D eigenvalue weighted by atomic mass is 16.6. The summed E-state index contributed by atoms with van der Waals surface area (Å²) in [5, 5.41) is 0. The van der Waals surface area contributed by atoms with Crippen LogP contribution in [0.3, 0.4) is 0 Å². The molecule has 26 heavy (non-hydrogen) atoms. The predicted octanol–water partition coefficient (Wildman–Crippen LogP) is 2.52. The van der Waals surface area contributed by atoms with Crippen LogP contribution in [0.4, 0.5) is 10.7 Å². The summed E-state index contributed by atoms with van der Waals surface area (Å²) in [4.78, 5) is 27.3. The molecule has 1 aromatic rings. The lowest BCUT2D eigenvalue weighted by Gasteiger charge is -2.37. The molecule has 2 saturated heterocycles. The maximum atomic E-state index is 12.3. The molecule has 0 N–H and O–H groups in total. The first-order chi connectivity index (χ1) is 12.4. The van der Waals surface area contributed by atoms with Crippen LogP contribution < -0.4 is 4.90 Å². The summed E-state index contributed by atoms with van der Waals surface area (Å²) in [7, 11) is 3.87. The van der Waals surface area contributed by atoms with Crippen LogP contribution in [0.15, 0.2) is 12.4 Å². The summed E-state index contributed by atoms with van der Waals surface area (Å²) in [6.07, 6.45) is 7.57. The second-order valence-electron chi connectivity index (χ2n) is 7.88. The van der Waals surface area contributed by atoms with Gasteiger partial charge in [0.05, 0.1) is 6.54 Å². The van der Waals surface area contributed by atoms with Crippen molar-refractivity contribution in [1.29, 1.82) is 0 Å². The zero-order valence-corrected chi connectivity index (χ0v) is 16.4. The molecule has 2 aliphatic rings. The summed E-state index contributed by atoms with van der Waals surface area (Å²) in [6.45, 7) is 7.71. The summed E-state index contributed by atoms with van der Waals surface area (Å²) < 4.78 is 5.84. The Morgan fingerprint density at radius 2 is 1.92 bits per heavy atom. The molecule has 7 heteroatoms. The smallest absolute Gasteiger partial charge is 0.410 e. The van der Waals surface area contributed by atoms with Gasteiger partial charge in [-0.3, -0.25) is 4.90 Å². The van der Waals surface area contributed by atoms with Gasteiger partial charge in [0.2, 0.25) is 5.95 Å². The molecule has 3 heterocycles. The van der Waals surface area contributed by atoms with Gasteiger partial charge in [-0.15, -0.1) is 0 Å². The number of aromatic nitrogens is 2. The second kappa shape index (κ2) is 7.78. The van der Waals surface area contributed by atoms with Gasteiger partial charge in [0.15, 0.2) is 0 Å². The minimum atomic E-state index is -0.291. The molecule has 1 atom stereocenters. The Labute approximate surface area is 156 Å². The van der Waals surface area contributed by atoms with Crippen LogP contribution in [-0.2, 0) is 11.3 Å². The first-order valence-corrected chi connectivity index (χ1v) is 9.63. The Morgan fingerprint density at radius 1 is 1.27 bits per heavy atom. The largest absolute Gasteiger partial charge is 0.441 e. The molecule has 1 aromatic heterocycles. The normalized spacial score (nSPS) is 21.1. The molecule has 2 aliphatic heterocycles. The van der Waals surface area contributed by atoms with Gasteiger partial charge in [-0.25, -0.2) is 14.8 Å². The van der Waals surface area contributed by atoms with Crippen LogP contribution >= 0.6 is 0 Å². The van der Waals surface area contributed by atoms with Crippen molar-refractivity contribution in [2.24, 2.45) is 0 Å². The van der Waals surface area contributed by atoms with Crippen molar-refractivity contribution in [2.45, 2.75) is 57.7 Å². The van der Waals surface area contributed by atoms with Gasteiger partial charge in [0.1, 0.15) is 5.60 Å². The highest BCUT2D eigenvalue weighted by molar-refractivity contribution is 5.71. The highest BCUT2D eigenvalue weighted by Gasteiger charge is 2.47. The van der Waals surface area contributed by atoms with Crippen molar-refractivity contribution >= 4 is 12.0 Å². The quantitative estimate of drug-likeness (QED) is 0.776. The molecule has 0 aromatic carbocycles. The molecule has 3 rings (SSSR count). The molecule has 2 fully saturated rings. The van der Waals surface area contributed by atoms with Gasteiger partial charge in [-0.2, -0.15) is 0 Å². The number of ether oxygens (including phenoxy) is 1. The van der Waals surface area contributed by atoms with E-state index in [0.717, 1.165) is 63.4 Å². The third-order valence-electron chi connectivity index (χ3n) is 5.50. The van der Waals surface area contributed by atoms with Crippen LogP contribution in [0.25, 0.3) is 0 Å². The van der Waals surface area contributed by atoms with E-state index in [1.807, 2.05) is 36.3 Å². The monoisotopic (exact) mass is 361 g/mol. The average molecular weight is 361 g/mol. The van der Waals surface area contributed by atoms with Crippen LogP contribution in [0.2, 0.25) is 0 Å². The Balaban J connectivity index is 1.53. The maximum absolute atomic E-state index is 12.3. The number of anilines is 1.